The standard InChI is InChI=1S/C15H18BrNO3/c1-2-20-15(19)10-17(13-6-7-13)14(18)9-11-4-3-5-12(16)8-11/h3-5,8,13H,2,6-7,9-10H2,1H3. The van der Waals surface area contributed by atoms with E-state index in [1.165, 1.54) is 0 Å². The summed E-state index contributed by atoms with van der Waals surface area (Å²) < 4.78 is 5.88. The molecule has 1 fully saturated rings. The number of amides is 1. The van der Waals surface area contributed by atoms with Crippen molar-refractivity contribution in [1.82, 2.24) is 4.90 Å². The lowest BCUT2D eigenvalue weighted by molar-refractivity contribution is -0.149. The summed E-state index contributed by atoms with van der Waals surface area (Å²) in [6.07, 6.45) is 2.27. The minimum atomic E-state index is -0.331. The Labute approximate surface area is 127 Å². The van der Waals surface area contributed by atoms with E-state index in [1.807, 2.05) is 24.3 Å². The number of esters is 1. The van der Waals surface area contributed by atoms with Crippen LogP contribution in [0.5, 0.6) is 0 Å². The van der Waals surface area contributed by atoms with Crippen LogP contribution < -0.4 is 0 Å². The minimum absolute atomic E-state index is 0.0151. The van der Waals surface area contributed by atoms with Crippen LogP contribution in [0, 0.1) is 0 Å². The van der Waals surface area contributed by atoms with E-state index in [0.29, 0.717) is 13.0 Å². The minimum Gasteiger partial charge on any atom is -0.465 e. The van der Waals surface area contributed by atoms with Gasteiger partial charge in [0.15, 0.2) is 0 Å². The zero-order valence-electron chi connectivity index (χ0n) is 11.5. The van der Waals surface area contributed by atoms with E-state index < -0.39 is 0 Å². The van der Waals surface area contributed by atoms with Crippen molar-refractivity contribution < 1.29 is 14.3 Å². The van der Waals surface area contributed by atoms with E-state index in [1.54, 1.807) is 11.8 Å². The fraction of sp³-hybridized carbons (Fsp3) is 0.467. The van der Waals surface area contributed by atoms with Gasteiger partial charge < -0.3 is 9.64 Å². The molecule has 1 aromatic rings. The van der Waals surface area contributed by atoms with Crippen molar-refractivity contribution in [3.05, 3.63) is 34.3 Å². The number of rotatable bonds is 6. The van der Waals surface area contributed by atoms with Crippen LogP contribution in [0.4, 0.5) is 0 Å². The van der Waals surface area contributed by atoms with Crippen molar-refractivity contribution in [2.24, 2.45) is 0 Å². The molecule has 1 aromatic carbocycles. The topological polar surface area (TPSA) is 46.6 Å². The lowest BCUT2D eigenvalue weighted by Crippen LogP contribution is -2.39. The molecule has 0 N–H and O–H groups in total. The van der Waals surface area contributed by atoms with E-state index in [-0.39, 0.29) is 24.5 Å². The van der Waals surface area contributed by atoms with E-state index in [0.717, 1.165) is 22.9 Å². The third kappa shape index (κ3) is 4.34. The van der Waals surface area contributed by atoms with E-state index in [9.17, 15) is 9.59 Å². The van der Waals surface area contributed by atoms with Gasteiger partial charge in [0.1, 0.15) is 6.54 Å². The van der Waals surface area contributed by atoms with Gasteiger partial charge in [-0.05, 0) is 37.5 Å². The van der Waals surface area contributed by atoms with E-state index in [2.05, 4.69) is 15.9 Å². The van der Waals surface area contributed by atoms with Crippen molar-refractivity contribution in [3.63, 3.8) is 0 Å². The molecule has 0 heterocycles. The van der Waals surface area contributed by atoms with Gasteiger partial charge in [0, 0.05) is 10.5 Å². The van der Waals surface area contributed by atoms with Gasteiger partial charge in [0.05, 0.1) is 13.0 Å². The largest absolute Gasteiger partial charge is 0.465 e. The van der Waals surface area contributed by atoms with Crippen molar-refractivity contribution in [2.45, 2.75) is 32.2 Å². The first-order chi connectivity index (χ1) is 9.60. The Balaban J connectivity index is 1.98. The predicted octanol–water partition coefficient (Wildman–Crippen LogP) is 2.55. The monoisotopic (exact) mass is 339 g/mol. The molecule has 0 spiro atoms. The van der Waals surface area contributed by atoms with Gasteiger partial charge in [-0.1, -0.05) is 28.1 Å². The molecule has 20 heavy (non-hydrogen) atoms. The number of carbonyl (C=O) groups is 2. The second-order valence-electron chi connectivity index (χ2n) is 4.86. The second-order valence-corrected chi connectivity index (χ2v) is 5.78. The zero-order chi connectivity index (χ0) is 14.5. The van der Waals surface area contributed by atoms with Crippen molar-refractivity contribution in [2.75, 3.05) is 13.2 Å². The Kier molecular flexibility index (Phi) is 5.17. The molecule has 0 saturated heterocycles. The van der Waals surface area contributed by atoms with Gasteiger partial charge in [-0.3, -0.25) is 9.59 Å². The average molecular weight is 340 g/mol. The number of hydrogen-bond donors (Lipinski definition) is 0. The van der Waals surface area contributed by atoms with Crippen LogP contribution in [0.15, 0.2) is 28.7 Å². The molecule has 0 aliphatic heterocycles. The predicted molar refractivity (Wildman–Crippen MR) is 79.2 cm³/mol. The lowest BCUT2D eigenvalue weighted by atomic mass is 10.1. The third-order valence-corrected chi connectivity index (χ3v) is 3.65. The summed E-state index contributed by atoms with van der Waals surface area (Å²) in [5.74, 6) is -0.347. The summed E-state index contributed by atoms with van der Waals surface area (Å²) in [6, 6.07) is 7.87. The number of halogens is 1. The van der Waals surface area contributed by atoms with Crippen LogP contribution in [0.2, 0.25) is 0 Å². The Morgan fingerprint density at radius 1 is 1.40 bits per heavy atom. The van der Waals surface area contributed by atoms with Crippen LogP contribution in [0.25, 0.3) is 0 Å². The highest BCUT2D eigenvalue weighted by molar-refractivity contribution is 9.10. The summed E-state index contributed by atoms with van der Waals surface area (Å²) in [7, 11) is 0. The molecule has 2 rings (SSSR count). The van der Waals surface area contributed by atoms with Crippen LogP contribution in [0.1, 0.15) is 25.3 Å². The van der Waals surface area contributed by atoms with Crippen LogP contribution in [-0.4, -0.2) is 36.0 Å². The molecule has 0 atom stereocenters. The van der Waals surface area contributed by atoms with Crippen LogP contribution in [0.3, 0.4) is 0 Å². The molecule has 1 saturated carbocycles. The SMILES string of the molecule is CCOC(=O)CN(C(=O)Cc1cccc(Br)c1)C1CC1. The van der Waals surface area contributed by atoms with Crippen molar-refractivity contribution in [1.29, 1.82) is 0 Å². The molecule has 4 nitrogen and oxygen atoms in total. The van der Waals surface area contributed by atoms with Crippen molar-refractivity contribution in [3.8, 4) is 0 Å². The molecule has 0 aromatic heterocycles. The molecule has 0 unspecified atom stereocenters. The molecule has 1 aliphatic carbocycles. The highest BCUT2D eigenvalue weighted by Gasteiger charge is 2.33. The fourth-order valence-corrected chi connectivity index (χ4v) is 2.52. The first-order valence-corrected chi connectivity index (χ1v) is 7.59. The quantitative estimate of drug-likeness (QED) is 0.748. The second kappa shape index (κ2) is 6.88. The summed E-state index contributed by atoms with van der Waals surface area (Å²) in [4.78, 5) is 25.6. The summed E-state index contributed by atoms with van der Waals surface area (Å²) in [6.45, 7) is 2.17. The molecular weight excluding hydrogens is 322 g/mol. The van der Waals surface area contributed by atoms with Gasteiger partial charge in [-0.2, -0.15) is 0 Å². The Hall–Kier alpha value is -1.36. The molecule has 1 aliphatic rings. The third-order valence-electron chi connectivity index (χ3n) is 3.16. The smallest absolute Gasteiger partial charge is 0.325 e. The summed E-state index contributed by atoms with van der Waals surface area (Å²) in [5.41, 5.74) is 0.943. The van der Waals surface area contributed by atoms with Gasteiger partial charge in [-0.15, -0.1) is 0 Å². The number of nitrogens with zero attached hydrogens (tertiary/aromatic N) is 1. The highest BCUT2D eigenvalue weighted by atomic mass is 79.9. The average Bonchev–Trinajstić information content (AvgIpc) is 3.20. The molecule has 1 amide bonds. The Morgan fingerprint density at radius 2 is 2.15 bits per heavy atom. The maximum Gasteiger partial charge on any atom is 0.325 e. The van der Waals surface area contributed by atoms with Crippen molar-refractivity contribution >= 4 is 27.8 Å². The first kappa shape index (κ1) is 15.0. The summed E-state index contributed by atoms with van der Waals surface area (Å²) >= 11 is 3.39. The van der Waals surface area contributed by atoms with Gasteiger partial charge in [0.2, 0.25) is 5.91 Å². The number of ether oxygens (including phenoxy) is 1. The molecular formula is C15H18BrNO3. The normalized spacial score (nSPS) is 13.9. The zero-order valence-corrected chi connectivity index (χ0v) is 13.1. The fourth-order valence-electron chi connectivity index (χ4n) is 2.08. The van der Waals surface area contributed by atoms with Gasteiger partial charge >= 0.3 is 5.97 Å². The molecule has 0 radical (unpaired) electrons. The van der Waals surface area contributed by atoms with E-state index >= 15 is 0 Å². The lowest BCUT2D eigenvalue weighted by Gasteiger charge is -2.21. The molecule has 108 valence electrons. The number of carbonyl (C=O) groups excluding carboxylic acids is 2. The first-order valence-electron chi connectivity index (χ1n) is 6.79. The molecule has 0 bridgehead atoms. The Morgan fingerprint density at radius 3 is 2.75 bits per heavy atom. The maximum absolute atomic E-state index is 12.3. The van der Waals surface area contributed by atoms with E-state index in [4.69, 9.17) is 4.74 Å². The number of benzene rings is 1. The van der Waals surface area contributed by atoms with Gasteiger partial charge in [0.25, 0.3) is 0 Å². The maximum atomic E-state index is 12.3. The van der Waals surface area contributed by atoms with Crippen LogP contribution >= 0.6 is 15.9 Å². The van der Waals surface area contributed by atoms with Gasteiger partial charge in [-0.25, -0.2) is 0 Å². The number of hydrogen-bond acceptors (Lipinski definition) is 3. The summed E-state index contributed by atoms with van der Waals surface area (Å²) in [5, 5.41) is 0. The Bertz CT molecular complexity index is 500. The highest BCUT2D eigenvalue weighted by Crippen LogP contribution is 2.27. The van der Waals surface area contributed by atoms with Crippen LogP contribution in [-0.2, 0) is 20.7 Å². The molecule has 5 heteroatoms.